The predicted octanol–water partition coefficient (Wildman–Crippen LogP) is 2.03. The van der Waals surface area contributed by atoms with Gasteiger partial charge in [-0.15, -0.1) is 0 Å². The average Bonchev–Trinajstić information content (AvgIpc) is 2.68. The van der Waals surface area contributed by atoms with Gasteiger partial charge < -0.3 is 10.1 Å². The molecule has 0 aliphatic heterocycles. The number of carbonyl (C=O) groups is 1. The molecule has 0 spiro atoms. The Morgan fingerprint density at radius 2 is 1.86 bits per heavy atom. The van der Waals surface area contributed by atoms with Crippen LogP contribution < -0.4 is 14.8 Å². The van der Waals surface area contributed by atoms with Gasteiger partial charge in [-0.1, -0.05) is 0 Å². The fourth-order valence-corrected chi connectivity index (χ4v) is 3.23. The Bertz CT molecular complexity index is 1120. The third-order valence-electron chi connectivity index (χ3n) is 3.61. The number of hydrogen-bond acceptors (Lipinski definition) is 8. The van der Waals surface area contributed by atoms with Gasteiger partial charge in [0.15, 0.2) is 0 Å². The van der Waals surface area contributed by atoms with Gasteiger partial charge in [-0.25, -0.2) is 33.1 Å². The van der Waals surface area contributed by atoms with Crippen molar-refractivity contribution >= 4 is 27.6 Å². The fraction of sp³-hybridized carbons (Fsp3) is 0.167. The van der Waals surface area contributed by atoms with Gasteiger partial charge >= 0.3 is 0 Å². The second kappa shape index (κ2) is 8.61. The van der Waals surface area contributed by atoms with E-state index >= 15 is 0 Å². The van der Waals surface area contributed by atoms with E-state index in [1.807, 2.05) is 0 Å². The smallest absolute Gasteiger partial charge is 0.274 e. The number of nitrogens with one attached hydrogen (secondary N) is 2. The monoisotopic (exact) mass is 414 g/mol. The molecule has 0 atom stereocenters. The quantitative estimate of drug-likeness (QED) is 0.599. The predicted molar refractivity (Wildman–Crippen MR) is 105 cm³/mol. The molecule has 29 heavy (non-hydrogen) atoms. The molecule has 1 amide bonds. The zero-order valence-electron chi connectivity index (χ0n) is 15.7. The molecule has 0 fully saturated rings. The maximum atomic E-state index is 12.5. The highest BCUT2D eigenvalue weighted by atomic mass is 32.2. The van der Waals surface area contributed by atoms with Gasteiger partial charge in [-0.05, 0) is 44.2 Å². The van der Waals surface area contributed by atoms with E-state index in [-0.39, 0.29) is 16.5 Å². The first-order chi connectivity index (χ1) is 13.9. The van der Waals surface area contributed by atoms with Crippen molar-refractivity contribution < 1.29 is 17.9 Å². The summed E-state index contributed by atoms with van der Waals surface area (Å²) in [4.78, 5) is 28.0. The van der Waals surface area contributed by atoms with Crippen molar-refractivity contribution in [3.63, 3.8) is 0 Å². The number of carbonyl (C=O) groups excluding carboxylic acids is 1. The molecule has 10 nitrogen and oxygen atoms in total. The van der Waals surface area contributed by atoms with Crippen molar-refractivity contribution in [1.82, 2.24) is 19.9 Å². The Labute approximate surface area is 167 Å². The number of nitrogens with zero attached hydrogens (tertiary/aromatic N) is 4. The number of hydrogen-bond donors (Lipinski definition) is 2. The summed E-state index contributed by atoms with van der Waals surface area (Å²) < 4.78 is 32.5. The minimum Gasteiger partial charge on any atom is -0.478 e. The average molecular weight is 414 g/mol. The Balaban J connectivity index is 1.71. The van der Waals surface area contributed by atoms with Crippen molar-refractivity contribution in [3.05, 3.63) is 60.3 Å². The summed E-state index contributed by atoms with van der Waals surface area (Å²) >= 11 is 0. The topological polar surface area (TPSA) is 136 Å². The van der Waals surface area contributed by atoms with E-state index in [1.54, 1.807) is 19.9 Å². The molecule has 0 radical (unpaired) electrons. The van der Waals surface area contributed by atoms with E-state index < -0.39 is 15.9 Å². The van der Waals surface area contributed by atoms with Crippen LogP contribution in [0.4, 0.5) is 11.6 Å². The van der Waals surface area contributed by atoms with Crippen molar-refractivity contribution in [2.45, 2.75) is 18.7 Å². The van der Waals surface area contributed by atoms with Gasteiger partial charge in [-0.2, -0.15) is 0 Å². The van der Waals surface area contributed by atoms with E-state index in [0.29, 0.717) is 23.9 Å². The molecule has 0 unspecified atom stereocenters. The molecule has 0 saturated heterocycles. The van der Waals surface area contributed by atoms with Crippen LogP contribution in [0.3, 0.4) is 0 Å². The second-order valence-electron chi connectivity index (χ2n) is 5.78. The van der Waals surface area contributed by atoms with Crippen LogP contribution in [0.5, 0.6) is 5.88 Å². The third kappa shape index (κ3) is 5.23. The normalized spacial score (nSPS) is 11.0. The number of rotatable bonds is 7. The number of sulfonamides is 1. The molecule has 3 aromatic rings. The number of aromatic nitrogens is 4. The first kappa shape index (κ1) is 20.1. The molecule has 0 aliphatic rings. The molecule has 2 N–H and O–H groups in total. The first-order valence-corrected chi connectivity index (χ1v) is 10.0. The van der Waals surface area contributed by atoms with Crippen LogP contribution in [0, 0.1) is 6.92 Å². The number of benzene rings is 1. The molecule has 0 saturated carbocycles. The number of ether oxygens (including phenoxy) is 1. The molecule has 3 rings (SSSR count). The van der Waals surface area contributed by atoms with Crippen molar-refractivity contribution in [3.8, 4) is 5.88 Å². The van der Waals surface area contributed by atoms with E-state index in [2.05, 4.69) is 30.0 Å². The van der Waals surface area contributed by atoms with Crippen molar-refractivity contribution in [2.75, 3.05) is 16.6 Å². The SMILES string of the molecule is CCOc1cc(C(=O)Nc2ccc(S(=O)(=O)Nc3nccc(C)n3)cc2)ncn1. The molecule has 1 aromatic carbocycles. The zero-order chi connectivity index (χ0) is 20.9. The Morgan fingerprint density at radius 3 is 2.55 bits per heavy atom. The third-order valence-corrected chi connectivity index (χ3v) is 4.95. The van der Waals surface area contributed by atoms with Crippen LogP contribution >= 0.6 is 0 Å². The summed E-state index contributed by atoms with van der Waals surface area (Å²) in [5, 5.41) is 2.64. The van der Waals surface area contributed by atoms with E-state index in [1.165, 1.54) is 42.9 Å². The highest BCUT2D eigenvalue weighted by Gasteiger charge is 2.16. The highest BCUT2D eigenvalue weighted by molar-refractivity contribution is 7.92. The van der Waals surface area contributed by atoms with Crippen LogP contribution in [0.2, 0.25) is 0 Å². The summed E-state index contributed by atoms with van der Waals surface area (Å²) in [5.41, 5.74) is 1.16. The molecule has 150 valence electrons. The number of amides is 1. The zero-order valence-corrected chi connectivity index (χ0v) is 16.5. The number of aryl methyl sites for hydroxylation is 1. The van der Waals surface area contributed by atoms with Crippen LogP contribution in [-0.2, 0) is 10.0 Å². The molecule has 0 aliphatic carbocycles. The summed E-state index contributed by atoms with van der Waals surface area (Å²) in [7, 11) is -3.86. The van der Waals surface area contributed by atoms with Crippen molar-refractivity contribution in [2.24, 2.45) is 0 Å². The largest absolute Gasteiger partial charge is 0.478 e. The Hall–Kier alpha value is -3.60. The molecule has 0 bridgehead atoms. The minimum absolute atomic E-state index is 0.00118. The first-order valence-electron chi connectivity index (χ1n) is 8.56. The second-order valence-corrected chi connectivity index (χ2v) is 7.46. The molecular weight excluding hydrogens is 396 g/mol. The van der Waals surface area contributed by atoms with E-state index in [0.717, 1.165) is 0 Å². The van der Waals surface area contributed by atoms with Gasteiger partial charge in [-0.3, -0.25) is 4.79 Å². The summed E-state index contributed by atoms with van der Waals surface area (Å²) in [5.74, 6) is -0.204. The fourth-order valence-electron chi connectivity index (χ4n) is 2.28. The van der Waals surface area contributed by atoms with Crippen LogP contribution in [0.15, 0.2) is 53.8 Å². The van der Waals surface area contributed by atoms with Gasteiger partial charge in [0.25, 0.3) is 15.9 Å². The summed E-state index contributed by atoms with van der Waals surface area (Å²) in [6.45, 7) is 3.94. The van der Waals surface area contributed by atoms with Gasteiger partial charge in [0.05, 0.1) is 11.5 Å². The summed E-state index contributed by atoms with van der Waals surface area (Å²) in [6, 6.07) is 8.73. The van der Waals surface area contributed by atoms with Crippen LogP contribution in [0.25, 0.3) is 0 Å². The molecule has 2 aromatic heterocycles. The summed E-state index contributed by atoms with van der Waals surface area (Å²) in [6.07, 6.45) is 2.69. The Kier molecular flexibility index (Phi) is 5.98. The maximum absolute atomic E-state index is 12.5. The highest BCUT2D eigenvalue weighted by Crippen LogP contribution is 2.17. The lowest BCUT2D eigenvalue weighted by molar-refractivity contribution is 0.102. The lowest BCUT2D eigenvalue weighted by atomic mass is 10.3. The van der Waals surface area contributed by atoms with E-state index in [9.17, 15) is 13.2 Å². The van der Waals surface area contributed by atoms with Gasteiger partial charge in [0, 0.05) is 23.6 Å². The Morgan fingerprint density at radius 1 is 1.10 bits per heavy atom. The molecule has 11 heteroatoms. The van der Waals surface area contributed by atoms with Crippen molar-refractivity contribution in [1.29, 1.82) is 0 Å². The standard InChI is InChI=1S/C18H18N6O4S/c1-3-28-16-10-15(20-11-21-16)17(25)23-13-4-6-14(7-5-13)29(26,27)24-18-19-9-8-12(2)22-18/h4-11H,3H2,1-2H3,(H,23,25)(H,19,22,24). The molecular formula is C18H18N6O4S. The molecule has 2 heterocycles. The number of anilines is 2. The minimum atomic E-state index is -3.86. The van der Waals surface area contributed by atoms with Crippen LogP contribution in [0.1, 0.15) is 23.1 Å². The maximum Gasteiger partial charge on any atom is 0.274 e. The lowest BCUT2D eigenvalue weighted by Crippen LogP contribution is -2.16. The van der Waals surface area contributed by atoms with Crippen LogP contribution in [-0.4, -0.2) is 40.9 Å². The lowest BCUT2D eigenvalue weighted by Gasteiger charge is -2.09. The van der Waals surface area contributed by atoms with Gasteiger partial charge in [0.2, 0.25) is 11.8 Å². The van der Waals surface area contributed by atoms with Gasteiger partial charge in [0.1, 0.15) is 12.0 Å². The van der Waals surface area contributed by atoms with E-state index in [4.69, 9.17) is 4.74 Å².